The second-order valence-corrected chi connectivity index (χ2v) is 9.16. The van der Waals surface area contributed by atoms with Crippen molar-refractivity contribution in [3.63, 3.8) is 0 Å². The van der Waals surface area contributed by atoms with E-state index < -0.39 is 11.7 Å². The Hall–Kier alpha value is -0.0800. The van der Waals surface area contributed by atoms with E-state index in [2.05, 4.69) is 27.9 Å². The molecule has 0 saturated carbocycles. The molecule has 0 bridgehead atoms. The molecule has 0 saturated heterocycles. The number of hydrogen-bond donors (Lipinski definition) is 1. The molecule has 0 spiro atoms. The molecule has 0 unspecified atom stereocenters. The van der Waals surface area contributed by atoms with E-state index >= 15 is 0 Å². The van der Waals surface area contributed by atoms with Gasteiger partial charge in [0, 0.05) is 11.0 Å². The number of amides is 1. The number of ether oxygens (including phenoxy) is 3. The molecule has 0 aliphatic heterocycles. The second kappa shape index (κ2) is 9.42. The summed E-state index contributed by atoms with van der Waals surface area (Å²) < 4.78 is 17.8. The Morgan fingerprint density at radius 2 is 1.57 bits per heavy atom. The van der Waals surface area contributed by atoms with E-state index in [0.29, 0.717) is 13.2 Å². The molecule has 0 aliphatic rings. The lowest BCUT2D eigenvalue weighted by atomic mass is 10.1. The smallest absolute Gasteiger partial charge is 0.407 e. The quantitative estimate of drug-likeness (QED) is 0.449. The van der Waals surface area contributed by atoms with Crippen LogP contribution in [0, 0.1) is 0 Å². The largest absolute Gasteiger partial charge is 0.444 e. The van der Waals surface area contributed by atoms with Gasteiger partial charge >= 0.3 is 6.09 Å². The average molecular weight is 443 g/mol. The fourth-order valence-electron chi connectivity index (χ4n) is 1.60. The molecule has 23 heavy (non-hydrogen) atoms. The first-order valence-corrected chi connectivity index (χ1v) is 9.60. The van der Waals surface area contributed by atoms with E-state index in [1.165, 1.54) is 0 Å². The molecule has 1 amide bonds. The minimum Gasteiger partial charge on any atom is -0.444 e. The highest BCUT2D eigenvalue weighted by molar-refractivity contribution is 14.1. The number of nitrogens with one attached hydrogen (secondary N) is 1. The standard InChI is InChI=1S/C17H34INO4/c1-15(2,3)21-10-9-17(7,8)22-12-13(11-18)19-14(20)23-16(4,5)6/h13H,9-12H2,1-8H3,(H,19,20)/t13-/m1/s1. The number of hydrogen-bond acceptors (Lipinski definition) is 4. The highest BCUT2D eigenvalue weighted by Gasteiger charge is 2.24. The molecular formula is C17H34INO4. The number of alkyl halides is 1. The maximum Gasteiger partial charge on any atom is 0.407 e. The Morgan fingerprint density at radius 1 is 1.00 bits per heavy atom. The summed E-state index contributed by atoms with van der Waals surface area (Å²) in [7, 11) is 0. The van der Waals surface area contributed by atoms with Gasteiger partial charge in [-0.15, -0.1) is 0 Å². The predicted octanol–water partition coefficient (Wildman–Crippen LogP) is 4.32. The molecule has 0 aromatic carbocycles. The normalized spacial score (nSPS) is 14.5. The summed E-state index contributed by atoms with van der Waals surface area (Å²) in [5.74, 6) is 0. The molecule has 0 aliphatic carbocycles. The molecule has 138 valence electrons. The zero-order chi connectivity index (χ0) is 18.3. The second-order valence-electron chi connectivity index (χ2n) is 8.28. The van der Waals surface area contributed by atoms with Crippen LogP contribution in [0.3, 0.4) is 0 Å². The van der Waals surface area contributed by atoms with Crippen LogP contribution >= 0.6 is 22.6 Å². The molecule has 0 aromatic heterocycles. The lowest BCUT2D eigenvalue weighted by Gasteiger charge is -2.30. The Morgan fingerprint density at radius 3 is 2.00 bits per heavy atom. The van der Waals surface area contributed by atoms with E-state index in [0.717, 1.165) is 10.8 Å². The van der Waals surface area contributed by atoms with Gasteiger partial charge in [-0.05, 0) is 61.8 Å². The number of halogens is 1. The average Bonchev–Trinajstić information content (AvgIpc) is 2.30. The van der Waals surface area contributed by atoms with Crippen LogP contribution in [0.4, 0.5) is 4.79 Å². The van der Waals surface area contributed by atoms with E-state index in [-0.39, 0.29) is 17.2 Å². The Kier molecular flexibility index (Phi) is 9.38. The van der Waals surface area contributed by atoms with Crippen LogP contribution < -0.4 is 5.32 Å². The van der Waals surface area contributed by atoms with Gasteiger partial charge in [0.1, 0.15) is 5.60 Å². The van der Waals surface area contributed by atoms with Crippen molar-refractivity contribution in [1.82, 2.24) is 5.32 Å². The van der Waals surface area contributed by atoms with E-state index in [1.54, 1.807) is 0 Å². The lowest BCUT2D eigenvalue weighted by Crippen LogP contribution is -2.44. The maximum absolute atomic E-state index is 11.8. The van der Waals surface area contributed by atoms with Crippen LogP contribution in [-0.4, -0.2) is 46.6 Å². The molecular weight excluding hydrogens is 409 g/mol. The van der Waals surface area contributed by atoms with Gasteiger partial charge in [0.25, 0.3) is 0 Å². The van der Waals surface area contributed by atoms with Gasteiger partial charge in [-0.3, -0.25) is 0 Å². The summed E-state index contributed by atoms with van der Waals surface area (Å²) >= 11 is 2.24. The van der Waals surface area contributed by atoms with Crippen molar-refractivity contribution in [2.45, 2.75) is 84.7 Å². The first kappa shape index (κ1) is 22.9. The topological polar surface area (TPSA) is 56.8 Å². The molecule has 1 N–H and O–H groups in total. The Bertz CT molecular complexity index is 359. The summed E-state index contributed by atoms with van der Waals surface area (Å²) in [5.41, 5.74) is -0.936. The molecule has 0 aromatic rings. The number of carbonyl (C=O) groups is 1. The molecule has 0 radical (unpaired) electrons. The maximum atomic E-state index is 11.8. The van der Waals surface area contributed by atoms with E-state index in [9.17, 15) is 4.79 Å². The van der Waals surface area contributed by atoms with Crippen molar-refractivity contribution in [3.8, 4) is 0 Å². The van der Waals surface area contributed by atoms with Crippen LogP contribution in [-0.2, 0) is 14.2 Å². The molecule has 0 rings (SSSR count). The lowest BCUT2D eigenvalue weighted by molar-refractivity contribution is -0.0703. The molecule has 0 heterocycles. The van der Waals surface area contributed by atoms with Crippen LogP contribution in [0.25, 0.3) is 0 Å². The van der Waals surface area contributed by atoms with Gasteiger partial charge in [-0.1, -0.05) is 22.6 Å². The van der Waals surface area contributed by atoms with Crippen LogP contribution in [0.1, 0.15) is 61.8 Å². The van der Waals surface area contributed by atoms with Crippen LogP contribution in [0.15, 0.2) is 0 Å². The molecule has 5 nitrogen and oxygen atoms in total. The van der Waals surface area contributed by atoms with Crippen molar-refractivity contribution in [1.29, 1.82) is 0 Å². The first-order chi connectivity index (χ1) is 10.2. The highest BCUT2D eigenvalue weighted by Crippen LogP contribution is 2.18. The van der Waals surface area contributed by atoms with Crippen molar-refractivity contribution in [2.24, 2.45) is 0 Å². The summed E-state index contributed by atoms with van der Waals surface area (Å²) in [6.07, 6.45) is 0.390. The minimum absolute atomic E-state index is 0.0757. The van der Waals surface area contributed by atoms with Gasteiger partial charge in [-0.25, -0.2) is 4.79 Å². The molecule has 6 heteroatoms. The third kappa shape index (κ3) is 14.0. The van der Waals surface area contributed by atoms with Crippen molar-refractivity contribution in [2.75, 3.05) is 17.6 Å². The zero-order valence-corrected chi connectivity index (χ0v) is 18.1. The predicted molar refractivity (Wildman–Crippen MR) is 102 cm³/mol. The third-order valence-corrected chi connectivity index (χ3v) is 3.88. The van der Waals surface area contributed by atoms with Crippen LogP contribution in [0.2, 0.25) is 0 Å². The van der Waals surface area contributed by atoms with Gasteiger partial charge < -0.3 is 19.5 Å². The fourth-order valence-corrected chi connectivity index (χ4v) is 2.07. The number of carbonyl (C=O) groups excluding carboxylic acids is 1. The monoisotopic (exact) mass is 443 g/mol. The SMILES string of the molecule is CC(C)(C)OCCC(C)(C)OC[C@@H](CI)NC(=O)OC(C)(C)C. The fraction of sp³-hybridized carbons (Fsp3) is 0.941. The summed E-state index contributed by atoms with van der Waals surface area (Å²) in [6, 6.07) is -0.0757. The van der Waals surface area contributed by atoms with E-state index in [1.807, 2.05) is 55.4 Å². The number of rotatable bonds is 8. The Labute approximate surface area is 155 Å². The van der Waals surface area contributed by atoms with Gasteiger partial charge in [-0.2, -0.15) is 0 Å². The highest BCUT2D eigenvalue weighted by atomic mass is 127. The van der Waals surface area contributed by atoms with Gasteiger partial charge in [0.2, 0.25) is 0 Å². The molecule has 0 fully saturated rings. The summed E-state index contributed by atoms with van der Waals surface area (Å²) in [4.78, 5) is 11.8. The third-order valence-electron chi connectivity index (χ3n) is 2.82. The first-order valence-electron chi connectivity index (χ1n) is 8.07. The van der Waals surface area contributed by atoms with Crippen LogP contribution in [0.5, 0.6) is 0 Å². The Balaban J connectivity index is 4.24. The summed E-state index contributed by atoms with van der Waals surface area (Å²) in [5, 5.41) is 2.85. The van der Waals surface area contributed by atoms with E-state index in [4.69, 9.17) is 14.2 Å². The van der Waals surface area contributed by atoms with Crippen molar-refractivity contribution < 1.29 is 19.0 Å². The summed E-state index contributed by atoms with van der Waals surface area (Å²) in [6.45, 7) is 16.8. The number of alkyl carbamates (subject to hydrolysis) is 1. The van der Waals surface area contributed by atoms with Gasteiger partial charge in [0.15, 0.2) is 0 Å². The van der Waals surface area contributed by atoms with Crippen molar-refractivity contribution >= 4 is 28.7 Å². The zero-order valence-electron chi connectivity index (χ0n) is 15.9. The minimum atomic E-state index is -0.496. The molecule has 1 atom stereocenters. The van der Waals surface area contributed by atoms with Crippen molar-refractivity contribution in [3.05, 3.63) is 0 Å². The van der Waals surface area contributed by atoms with Gasteiger partial charge in [0.05, 0.1) is 23.9 Å².